The molecule has 2 aromatic heterocycles. The number of pyridine rings is 2. The van der Waals surface area contributed by atoms with Crippen molar-refractivity contribution in [1.82, 2.24) is 9.97 Å². The first kappa shape index (κ1) is 26.0. The molecule has 0 saturated carbocycles. The molecule has 35 heavy (non-hydrogen) atoms. The molecule has 0 saturated heterocycles. The lowest BCUT2D eigenvalue weighted by Crippen LogP contribution is -2.12. The second-order valence-electron chi connectivity index (χ2n) is 8.06. The molecule has 0 aliphatic carbocycles. The first-order valence-corrected chi connectivity index (χ1v) is 11.4. The number of hydrogen-bond acceptors (Lipinski definition) is 7. The predicted molar refractivity (Wildman–Crippen MR) is 141 cm³/mol. The summed E-state index contributed by atoms with van der Waals surface area (Å²) in [6.45, 7) is 2.95. The molecule has 0 bridgehead atoms. The molecule has 2 N–H and O–H groups in total. The van der Waals surface area contributed by atoms with E-state index in [9.17, 15) is 0 Å². The molecule has 0 radical (unpaired) electrons. The van der Waals surface area contributed by atoms with Gasteiger partial charge in [0.25, 0.3) is 0 Å². The number of aryl methyl sites for hydroxylation is 1. The Morgan fingerprint density at radius 1 is 0.886 bits per heavy atom. The first-order chi connectivity index (χ1) is 16.6. The van der Waals surface area contributed by atoms with E-state index in [0.29, 0.717) is 37.0 Å². The third-order valence-electron chi connectivity index (χ3n) is 5.84. The SMILES string of the molecule is C.CCCc1ncc(Cc2cc3cc(OC)ccc3nc2OCCN)c2cc(OC)c(OC)cc12. The summed E-state index contributed by atoms with van der Waals surface area (Å²) in [6.07, 6.45) is 4.42. The van der Waals surface area contributed by atoms with Gasteiger partial charge < -0.3 is 24.7 Å². The van der Waals surface area contributed by atoms with Gasteiger partial charge in [-0.1, -0.05) is 20.8 Å². The number of nitrogens with two attached hydrogens (primary N) is 1. The van der Waals surface area contributed by atoms with E-state index in [1.54, 1.807) is 21.3 Å². The van der Waals surface area contributed by atoms with E-state index in [1.165, 1.54) is 0 Å². The Kier molecular flexibility index (Phi) is 8.71. The summed E-state index contributed by atoms with van der Waals surface area (Å²) in [6, 6.07) is 12.0. The Labute approximate surface area is 207 Å². The lowest BCUT2D eigenvalue weighted by Gasteiger charge is -2.16. The van der Waals surface area contributed by atoms with E-state index >= 15 is 0 Å². The van der Waals surface area contributed by atoms with Gasteiger partial charge in [0.1, 0.15) is 12.4 Å². The topological polar surface area (TPSA) is 88.7 Å². The van der Waals surface area contributed by atoms with Crippen molar-refractivity contribution in [3.8, 4) is 23.1 Å². The van der Waals surface area contributed by atoms with Crippen LogP contribution in [0, 0.1) is 0 Å². The predicted octanol–water partition coefficient (Wildman–Crippen LogP) is 5.33. The van der Waals surface area contributed by atoms with Gasteiger partial charge in [-0.05, 0) is 53.8 Å². The number of benzene rings is 2. The number of fused-ring (bicyclic) bond motifs is 2. The minimum atomic E-state index is 0. The van der Waals surface area contributed by atoms with Gasteiger partial charge in [-0.25, -0.2) is 4.98 Å². The maximum absolute atomic E-state index is 5.95. The number of ether oxygens (including phenoxy) is 4. The maximum atomic E-state index is 5.95. The van der Waals surface area contributed by atoms with E-state index in [4.69, 9.17) is 34.6 Å². The van der Waals surface area contributed by atoms with E-state index in [-0.39, 0.29) is 7.43 Å². The summed E-state index contributed by atoms with van der Waals surface area (Å²) in [7, 11) is 4.96. The standard InChI is InChI=1S/C27H31N3O4.CH4/c1-5-6-24-22-15-26(33-4)25(32-3)14-21(22)19(16-29-24)12-18-11-17-13-20(31-2)7-8-23(17)30-27(18)34-10-9-28;/h7-8,11,13-16H,5-6,9-10,12,28H2,1-4H3;1H4. The molecule has 4 aromatic rings. The van der Waals surface area contributed by atoms with Gasteiger partial charge >= 0.3 is 0 Å². The number of nitrogens with zero attached hydrogens (tertiary/aromatic N) is 2. The first-order valence-electron chi connectivity index (χ1n) is 11.4. The number of hydrogen-bond donors (Lipinski definition) is 1. The van der Waals surface area contributed by atoms with Crippen LogP contribution in [0.5, 0.6) is 23.1 Å². The van der Waals surface area contributed by atoms with Crippen LogP contribution in [-0.2, 0) is 12.8 Å². The van der Waals surface area contributed by atoms with Crippen LogP contribution < -0.4 is 24.7 Å². The minimum absolute atomic E-state index is 0. The highest BCUT2D eigenvalue weighted by molar-refractivity contribution is 5.91. The Morgan fingerprint density at radius 3 is 2.29 bits per heavy atom. The van der Waals surface area contributed by atoms with E-state index in [2.05, 4.69) is 13.0 Å². The van der Waals surface area contributed by atoms with Gasteiger partial charge in [-0.15, -0.1) is 0 Å². The van der Waals surface area contributed by atoms with Crippen molar-refractivity contribution in [1.29, 1.82) is 0 Å². The molecule has 0 amide bonds. The maximum Gasteiger partial charge on any atom is 0.217 e. The molecule has 0 aliphatic rings. The lowest BCUT2D eigenvalue weighted by atomic mass is 9.97. The van der Waals surface area contributed by atoms with Crippen molar-refractivity contribution >= 4 is 21.7 Å². The second kappa shape index (κ2) is 11.7. The second-order valence-corrected chi connectivity index (χ2v) is 8.06. The molecule has 7 nitrogen and oxygen atoms in total. The highest BCUT2D eigenvalue weighted by atomic mass is 16.5. The number of aromatic nitrogens is 2. The average molecular weight is 478 g/mol. The molecule has 2 heterocycles. The van der Waals surface area contributed by atoms with Gasteiger partial charge in [-0.2, -0.15) is 0 Å². The minimum Gasteiger partial charge on any atom is -0.497 e. The summed E-state index contributed by atoms with van der Waals surface area (Å²) in [4.78, 5) is 9.58. The molecular weight excluding hydrogens is 442 g/mol. The molecule has 4 rings (SSSR count). The van der Waals surface area contributed by atoms with Gasteiger partial charge in [0.05, 0.1) is 26.8 Å². The molecular formula is C28H35N3O4. The van der Waals surface area contributed by atoms with Crippen LogP contribution in [0.3, 0.4) is 0 Å². The van der Waals surface area contributed by atoms with Crippen molar-refractivity contribution in [3.63, 3.8) is 0 Å². The van der Waals surface area contributed by atoms with Crippen molar-refractivity contribution in [3.05, 3.63) is 59.4 Å². The normalized spacial score (nSPS) is 10.8. The van der Waals surface area contributed by atoms with Crippen molar-refractivity contribution < 1.29 is 18.9 Å². The Bertz CT molecular complexity index is 1310. The van der Waals surface area contributed by atoms with Crippen molar-refractivity contribution in [2.24, 2.45) is 5.73 Å². The van der Waals surface area contributed by atoms with Gasteiger partial charge in [0.2, 0.25) is 5.88 Å². The van der Waals surface area contributed by atoms with Crippen LogP contribution >= 0.6 is 0 Å². The van der Waals surface area contributed by atoms with Crippen LogP contribution in [0.4, 0.5) is 0 Å². The van der Waals surface area contributed by atoms with E-state index in [1.807, 2.05) is 36.5 Å². The van der Waals surface area contributed by atoms with Gasteiger partial charge in [0, 0.05) is 41.2 Å². The number of methoxy groups -OCH3 is 3. The summed E-state index contributed by atoms with van der Waals surface area (Å²) in [5.74, 6) is 2.74. The monoisotopic (exact) mass is 477 g/mol. The summed E-state index contributed by atoms with van der Waals surface area (Å²) in [5, 5.41) is 3.12. The third-order valence-corrected chi connectivity index (χ3v) is 5.84. The van der Waals surface area contributed by atoms with Gasteiger partial charge in [0.15, 0.2) is 11.5 Å². The smallest absolute Gasteiger partial charge is 0.217 e. The van der Waals surface area contributed by atoms with Crippen LogP contribution in [0.2, 0.25) is 0 Å². The van der Waals surface area contributed by atoms with Crippen LogP contribution in [0.25, 0.3) is 21.7 Å². The summed E-state index contributed by atoms with van der Waals surface area (Å²) < 4.78 is 22.5. The zero-order valence-electron chi connectivity index (χ0n) is 20.2. The zero-order chi connectivity index (χ0) is 24.1. The fourth-order valence-electron chi connectivity index (χ4n) is 4.18. The van der Waals surface area contributed by atoms with Crippen LogP contribution in [-0.4, -0.2) is 44.4 Å². The molecule has 186 valence electrons. The molecule has 0 atom stereocenters. The van der Waals surface area contributed by atoms with Crippen LogP contribution in [0.15, 0.2) is 42.6 Å². The fourth-order valence-corrected chi connectivity index (χ4v) is 4.18. The molecule has 0 aliphatic heterocycles. The largest absolute Gasteiger partial charge is 0.497 e. The van der Waals surface area contributed by atoms with Crippen LogP contribution in [0.1, 0.15) is 37.6 Å². The van der Waals surface area contributed by atoms with E-state index in [0.717, 1.165) is 57.1 Å². The Balaban J connectivity index is 0.00000342. The molecule has 0 unspecified atom stereocenters. The number of rotatable bonds is 10. The molecule has 2 aromatic carbocycles. The Morgan fingerprint density at radius 2 is 1.63 bits per heavy atom. The third kappa shape index (κ3) is 5.41. The van der Waals surface area contributed by atoms with Gasteiger partial charge in [-0.3, -0.25) is 4.98 Å². The lowest BCUT2D eigenvalue weighted by molar-refractivity contribution is 0.314. The highest BCUT2D eigenvalue weighted by Crippen LogP contribution is 2.36. The Hall–Kier alpha value is -3.58. The molecule has 0 fully saturated rings. The molecule has 7 heteroatoms. The summed E-state index contributed by atoms with van der Waals surface area (Å²) in [5.41, 5.74) is 9.59. The fraction of sp³-hybridized carbons (Fsp3) is 0.357. The summed E-state index contributed by atoms with van der Waals surface area (Å²) >= 11 is 0. The quantitative estimate of drug-likeness (QED) is 0.330. The van der Waals surface area contributed by atoms with Crippen molar-refractivity contribution in [2.75, 3.05) is 34.5 Å². The highest BCUT2D eigenvalue weighted by Gasteiger charge is 2.16. The van der Waals surface area contributed by atoms with Crippen molar-refractivity contribution in [2.45, 2.75) is 33.6 Å². The average Bonchev–Trinajstić information content (AvgIpc) is 2.87. The zero-order valence-corrected chi connectivity index (χ0v) is 20.2. The molecule has 0 spiro atoms. The van der Waals surface area contributed by atoms with E-state index < -0.39 is 0 Å².